The normalized spacial score (nSPS) is 10.6. The summed E-state index contributed by atoms with van der Waals surface area (Å²) in [6, 6.07) is 10.8. The summed E-state index contributed by atoms with van der Waals surface area (Å²) in [6.45, 7) is 5.87. The highest BCUT2D eigenvalue weighted by molar-refractivity contribution is 7.17. The molecule has 0 spiro atoms. The maximum Gasteiger partial charge on any atom is 0.267 e. The van der Waals surface area contributed by atoms with Gasteiger partial charge in [-0.25, -0.2) is 4.98 Å². The molecule has 28 heavy (non-hydrogen) atoms. The predicted molar refractivity (Wildman–Crippen MR) is 111 cm³/mol. The van der Waals surface area contributed by atoms with Crippen LogP contribution in [0.2, 0.25) is 0 Å². The van der Waals surface area contributed by atoms with Gasteiger partial charge in [-0.2, -0.15) is 0 Å². The van der Waals surface area contributed by atoms with Crippen LogP contribution < -0.4 is 15.8 Å². The van der Waals surface area contributed by atoms with Crippen molar-refractivity contribution in [3.63, 3.8) is 0 Å². The number of carbonyl (C=O) groups excluding carboxylic acids is 2. The molecule has 0 radical (unpaired) electrons. The molecule has 0 aliphatic heterocycles. The molecular formula is C21H21N3O3S. The number of primary amides is 1. The molecular weight excluding hydrogens is 374 g/mol. The van der Waals surface area contributed by atoms with E-state index in [4.69, 9.17) is 10.5 Å². The van der Waals surface area contributed by atoms with E-state index in [1.807, 2.05) is 26.0 Å². The number of anilines is 1. The summed E-state index contributed by atoms with van der Waals surface area (Å²) in [6.07, 6.45) is 0. The van der Waals surface area contributed by atoms with Gasteiger partial charge in [0.15, 0.2) is 0 Å². The van der Waals surface area contributed by atoms with E-state index >= 15 is 0 Å². The molecule has 0 fully saturated rings. The monoisotopic (exact) mass is 395 g/mol. The zero-order chi connectivity index (χ0) is 20.4. The van der Waals surface area contributed by atoms with Gasteiger partial charge in [-0.15, -0.1) is 11.3 Å². The molecule has 0 saturated heterocycles. The number of aryl methyl sites for hydroxylation is 3. The zero-order valence-corrected chi connectivity index (χ0v) is 16.9. The average Bonchev–Trinajstić information content (AvgIpc) is 3.03. The van der Waals surface area contributed by atoms with E-state index < -0.39 is 5.91 Å². The summed E-state index contributed by atoms with van der Waals surface area (Å²) in [5, 5.41) is 3.59. The highest BCUT2D eigenvalue weighted by Crippen LogP contribution is 2.32. The second-order valence-corrected chi connectivity index (χ2v) is 7.48. The first-order valence-corrected chi connectivity index (χ1v) is 9.46. The van der Waals surface area contributed by atoms with Crippen molar-refractivity contribution in [3.05, 3.63) is 63.7 Å². The Bertz CT molecular complexity index is 1070. The van der Waals surface area contributed by atoms with E-state index in [1.54, 1.807) is 19.1 Å². The minimum Gasteiger partial charge on any atom is -0.495 e. The number of methoxy groups -OCH3 is 1. The number of ether oxygens (including phenoxy) is 1. The minimum atomic E-state index is -0.579. The summed E-state index contributed by atoms with van der Waals surface area (Å²) in [5.74, 6) is -0.453. The Morgan fingerprint density at radius 1 is 1.11 bits per heavy atom. The number of amides is 2. The van der Waals surface area contributed by atoms with E-state index in [9.17, 15) is 9.59 Å². The standard InChI is InChI=1S/C21H21N3O3S/c1-11-5-7-15(12(2)9-11)21-23-13(3)18(28-21)20(26)24-16-10-14(19(22)25)6-8-17(16)27-4/h5-10H,1-4H3,(H2,22,25)(H,24,26). The molecule has 0 unspecified atom stereocenters. The van der Waals surface area contributed by atoms with Crippen LogP contribution >= 0.6 is 11.3 Å². The summed E-state index contributed by atoms with van der Waals surface area (Å²) >= 11 is 1.33. The average molecular weight is 395 g/mol. The quantitative estimate of drug-likeness (QED) is 0.680. The Labute approximate surface area is 167 Å². The molecule has 0 atom stereocenters. The second kappa shape index (κ2) is 7.82. The minimum absolute atomic E-state index is 0.285. The third-order valence-electron chi connectivity index (χ3n) is 4.35. The molecule has 6 nitrogen and oxygen atoms in total. The van der Waals surface area contributed by atoms with Gasteiger partial charge in [0.25, 0.3) is 5.91 Å². The van der Waals surface area contributed by atoms with Gasteiger partial charge in [-0.3, -0.25) is 9.59 Å². The summed E-state index contributed by atoms with van der Waals surface area (Å²) in [4.78, 5) is 29.4. The SMILES string of the molecule is COc1ccc(C(N)=O)cc1NC(=O)c1sc(-c2ccc(C)cc2C)nc1C. The van der Waals surface area contributed by atoms with E-state index in [0.29, 0.717) is 22.0 Å². The molecule has 144 valence electrons. The van der Waals surface area contributed by atoms with Gasteiger partial charge in [0.1, 0.15) is 15.6 Å². The lowest BCUT2D eigenvalue weighted by Crippen LogP contribution is -2.15. The third-order valence-corrected chi connectivity index (χ3v) is 5.54. The van der Waals surface area contributed by atoms with E-state index in [2.05, 4.69) is 16.4 Å². The number of benzene rings is 2. The molecule has 2 amide bonds. The summed E-state index contributed by atoms with van der Waals surface area (Å²) < 4.78 is 5.27. The van der Waals surface area contributed by atoms with Crippen molar-refractivity contribution in [1.82, 2.24) is 4.98 Å². The van der Waals surface area contributed by atoms with Gasteiger partial charge in [0.05, 0.1) is 18.5 Å². The molecule has 0 saturated carbocycles. The number of carbonyl (C=O) groups is 2. The molecule has 3 aromatic rings. The maximum absolute atomic E-state index is 12.9. The first kappa shape index (κ1) is 19.6. The number of aromatic nitrogens is 1. The number of rotatable bonds is 5. The van der Waals surface area contributed by atoms with Gasteiger partial charge >= 0.3 is 0 Å². The van der Waals surface area contributed by atoms with Crippen LogP contribution in [-0.2, 0) is 0 Å². The molecule has 1 heterocycles. The van der Waals surface area contributed by atoms with Gasteiger partial charge in [0.2, 0.25) is 5.91 Å². The molecule has 0 bridgehead atoms. The molecule has 2 aromatic carbocycles. The Kier molecular flexibility index (Phi) is 5.46. The molecule has 0 aliphatic rings. The van der Waals surface area contributed by atoms with E-state index in [0.717, 1.165) is 16.1 Å². The highest BCUT2D eigenvalue weighted by atomic mass is 32.1. The number of nitrogens with two attached hydrogens (primary N) is 1. The van der Waals surface area contributed by atoms with Crippen molar-refractivity contribution in [2.24, 2.45) is 5.73 Å². The Hall–Kier alpha value is -3.19. The third kappa shape index (κ3) is 3.89. The van der Waals surface area contributed by atoms with Crippen molar-refractivity contribution < 1.29 is 14.3 Å². The Morgan fingerprint density at radius 2 is 1.86 bits per heavy atom. The van der Waals surface area contributed by atoms with Crippen LogP contribution in [-0.4, -0.2) is 23.9 Å². The second-order valence-electron chi connectivity index (χ2n) is 6.49. The van der Waals surface area contributed by atoms with Gasteiger partial charge in [-0.1, -0.05) is 23.8 Å². The summed E-state index contributed by atoms with van der Waals surface area (Å²) in [5.41, 5.74) is 9.93. The number of thiazole rings is 1. The van der Waals surface area contributed by atoms with Crippen LogP contribution in [0.3, 0.4) is 0 Å². The van der Waals surface area contributed by atoms with Crippen molar-refractivity contribution in [2.45, 2.75) is 20.8 Å². The van der Waals surface area contributed by atoms with Gasteiger partial charge in [0, 0.05) is 11.1 Å². The van der Waals surface area contributed by atoms with Crippen LogP contribution in [0.5, 0.6) is 5.75 Å². The van der Waals surface area contributed by atoms with Crippen molar-refractivity contribution in [1.29, 1.82) is 0 Å². The fraction of sp³-hybridized carbons (Fsp3) is 0.190. The molecule has 3 rings (SSSR count). The number of hydrogen-bond donors (Lipinski definition) is 2. The smallest absolute Gasteiger partial charge is 0.267 e. The number of hydrogen-bond acceptors (Lipinski definition) is 5. The lowest BCUT2D eigenvalue weighted by molar-refractivity contribution is 0.0996. The van der Waals surface area contributed by atoms with Crippen LogP contribution in [0.4, 0.5) is 5.69 Å². The van der Waals surface area contributed by atoms with Gasteiger partial charge in [-0.05, 0) is 44.5 Å². The molecule has 7 heteroatoms. The first-order valence-electron chi connectivity index (χ1n) is 8.64. The summed E-state index contributed by atoms with van der Waals surface area (Å²) in [7, 11) is 1.49. The zero-order valence-electron chi connectivity index (χ0n) is 16.1. The number of nitrogens with zero attached hydrogens (tertiary/aromatic N) is 1. The van der Waals surface area contributed by atoms with Crippen molar-refractivity contribution >= 4 is 28.8 Å². The van der Waals surface area contributed by atoms with E-state index in [-0.39, 0.29) is 11.5 Å². The van der Waals surface area contributed by atoms with Crippen LogP contribution in [0.1, 0.15) is 36.9 Å². The highest BCUT2D eigenvalue weighted by Gasteiger charge is 2.19. The van der Waals surface area contributed by atoms with Crippen LogP contribution in [0.15, 0.2) is 36.4 Å². The predicted octanol–water partition coefficient (Wildman–Crippen LogP) is 4.10. The fourth-order valence-electron chi connectivity index (χ4n) is 2.91. The molecule has 1 aromatic heterocycles. The lowest BCUT2D eigenvalue weighted by Gasteiger charge is -2.10. The maximum atomic E-state index is 12.9. The Balaban J connectivity index is 1.93. The molecule has 0 aliphatic carbocycles. The van der Waals surface area contributed by atoms with E-state index in [1.165, 1.54) is 30.1 Å². The lowest BCUT2D eigenvalue weighted by atomic mass is 10.1. The first-order chi connectivity index (χ1) is 13.3. The Morgan fingerprint density at radius 3 is 2.50 bits per heavy atom. The molecule has 3 N–H and O–H groups in total. The van der Waals surface area contributed by atoms with Crippen molar-refractivity contribution in [3.8, 4) is 16.3 Å². The van der Waals surface area contributed by atoms with Crippen LogP contribution in [0.25, 0.3) is 10.6 Å². The van der Waals surface area contributed by atoms with Crippen LogP contribution in [0, 0.1) is 20.8 Å². The largest absolute Gasteiger partial charge is 0.495 e. The van der Waals surface area contributed by atoms with Gasteiger partial charge < -0.3 is 15.8 Å². The fourth-order valence-corrected chi connectivity index (χ4v) is 3.97. The topological polar surface area (TPSA) is 94.3 Å². The number of nitrogens with one attached hydrogen (secondary N) is 1. The van der Waals surface area contributed by atoms with Crippen molar-refractivity contribution in [2.75, 3.05) is 12.4 Å².